The van der Waals surface area contributed by atoms with Crippen LogP contribution in [0.4, 0.5) is 34.1 Å². The van der Waals surface area contributed by atoms with Crippen molar-refractivity contribution in [1.29, 1.82) is 0 Å². The van der Waals surface area contributed by atoms with Crippen molar-refractivity contribution in [3.05, 3.63) is 452 Å². The van der Waals surface area contributed by atoms with Gasteiger partial charge in [-0.15, -0.1) is 0 Å². The molecule has 3 aromatic heterocycles. The fourth-order valence-corrected chi connectivity index (χ4v) is 20.8. The van der Waals surface area contributed by atoms with Gasteiger partial charge in [-0.3, -0.25) is 0 Å². The summed E-state index contributed by atoms with van der Waals surface area (Å²) in [7, 11) is -2.59. The van der Waals surface area contributed by atoms with E-state index in [9.17, 15) is 0 Å². The Kier molecular flexibility index (Phi) is 21.3. The average Bonchev–Trinajstić information content (AvgIpc) is 1.46. The number of para-hydroxylation sites is 9. The number of nitrogens with one attached hydrogen (secondary N) is 1. The number of hydrogen-bond donors (Lipinski definition) is 2. The summed E-state index contributed by atoms with van der Waals surface area (Å²) in [6.45, 7) is 0. The van der Waals surface area contributed by atoms with Crippen LogP contribution in [0.25, 0.3) is 93.6 Å². The summed E-state index contributed by atoms with van der Waals surface area (Å²) < 4.78 is 8.30. The third kappa shape index (κ3) is 14.7. The Labute approximate surface area is 664 Å². The van der Waals surface area contributed by atoms with E-state index in [1.807, 2.05) is 48.5 Å². The van der Waals surface area contributed by atoms with E-state index >= 15 is 0 Å². The van der Waals surface area contributed by atoms with Crippen LogP contribution in [-0.4, -0.2) is 30.2 Å². The normalized spacial score (nSPS) is 11.1. The first-order valence-corrected chi connectivity index (χ1v) is 40.3. The maximum Gasteiger partial charge on any atom is 0.179 e. The van der Waals surface area contributed by atoms with E-state index in [4.69, 9.17) is 5.73 Å². The number of aromatic nitrogens is 3. The van der Waals surface area contributed by atoms with Gasteiger partial charge in [0.05, 0.1) is 33.1 Å². The van der Waals surface area contributed by atoms with E-state index in [0.29, 0.717) is 0 Å². The van der Waals surface area contributed by atoms with Crippen LogP contribution in [0.2, 0.25) is 0 Å². The van der Waals surface area contributed by atoms with Gasteiger partial charge in [-0.2, -0.15) is 0 Å². The minimum absolute atomic E-state index is 0. The predicted octanol–water partition coefficient (Wildman–Crippen LogP) is 24.1. The second-order valence-electron chi connectivity index (χ2n) is 27.2. The molecule has 0 aliphatic carbocycles. The summed E-state index contributed by atoms with van der Waals surface area (Å²) in [5.74, 6) is 0. The highest BCUT2D eigenvalue weighted by molar-refractivity contribution is 14.1. The Morgan fingerprint density at radius 3 is 0.973 bits per heavy atom. The number of nitrogen functional groups attached to an aromatic ring is 1. The number of hydrogen-bond acceptors (Lipinski definition) is 3. The SMILES string of the molecule is Ic1ccc2c(c1)c1ccccc1n2-c1ccccc1.Nc1ccccc1.[B].c1ccc(N(c2ccc(-c3ccc([Si](c4ccccc4)(c4ccccc4)c4ccccc4)cc3)cc2)c2ccc3c(c2)c2ccccc2n3-c2ccccc2)cc1.c1ccc(Nc2ccc3c(c2)c2ccccc2n3-c2ccccc2)cc1. The zero-order valence-electron chi connectivity index (χ0n) is 61.0. The summed E-state index contributed by atoms with van der Waals surface area (Å²) in [4.78, 5) is 2.36. The molecule has 17 aromatic carbocycles. The van der Waals surface area contributed by atoms with Gasteiger partial charge in [0.25, 0.3) is 0 Å². The monoisotopic (exact) mass is 1550 g/mol. The molecule has 0 saturated heterocycles. The standard InChI is InChI=1S/C54H40N2Si.C24H18N2.C18H12IN.C6H7N.B/c1-6-18-43(19-7-1)55(46-36-39-54-52(40-46)51-28-16-17-29-53(51)56(54)44-20-8-2-9-21-44)45-34-30-41(31-35-45)42-32-37-50(38-33-42)57(47-22-10-3-11-23-47,48-24-12-4-13-25-48)49-26-14-5-15-27-49;1-3-9-18(10-4-1)25-19-15-16-24-22(17-19)21-13-7-8-14-23(21)26(24)20-11-5-2-6-12-20;19-13-10-11-18-16(12-13)15-8-4-5-9-17(15)20(18)14-6-2-1-3-7-14;7-6-4-2-1-3-5-6;/h1-40H;1-17,25H;1-12H;1-5H,7H2;. The molecule has 529 valence electrons. The van der Waals surface area contributed by atoms with Gasteiger partial charge >= 0.3 is 0 Å². The van der Waals surface area contributed by atoms with Crippen molar-refractivity contribution in [2.45, 2.75) is 0 Å². The van der Waals surface area contributed by atoms with E-state index in [1.165, 1.54) is 112 Å². The molecule has 0 unspecified atom stereocenters. The Hall–Kier alpha value is -13.4. The first-order valence-electron chi connectivity index (χ1n) is 37.2. The van der Waals surface area contributed by atoms with Gasteiger partial charge in [-0.05, 0) is 212 Å². The molecule has 0 aliphatic rings. The van der Waals surface area contributed by atoms with Gasteiger partial charge in [-0.1, -0.05) is 291 Å². The van der Waals surface area contributed by atoms with Gasteiger partial charge in [0.15, 0.2) is 8.07 Å². The molecule has 0 atom stereocenters. The molecule has 0 aliphatic heterocycles. The summed E-state index contributed by atoms with van der Waals surface area (Å²) in [6, 6.07) is 160. The van der Waals surface area contributed by atoms with E-state index < -0.39 is 8.07 Å². The van der Waals surface area contributed by atoms with Crippen LogP contribution in [0.1, 0.15) is 0 Å². The van der Waals surface area contributed by atoms with Crippen molar-refractivity contribution in [1.82, 2.24) is 13.7 Å². The fraction of sp³-hybridized carbons (Fsp3) is 0. The van der Waals surface area contributed by atoms with E-state index in [2.05, 4.69) is 447 Å². The van der Waals surface area contributed by atoms with Gasteiger partial charge < -0.3 is 29.7 Å². The first-order chi connectivity index (χ1) is 54.4. The number of halogens is 1. The molecule has 9 heteroatoms. The van der Waals surface area contributed by atoms with Crippen molar-refractivity contribution >= 4 is 159 Å². The summed E-state index contributed by atoms with van der Waals surface area (Å²) in [5, 5.41) is 16.6. The predicted molar refractivity (Wildman–Crippen MR) is 485 cm³/mol. The minimum atomic E-state index is -2.59. The molecule has 0 spiro atoms. The van der Waals surface area contributed by atoms with Crippen molar-refractivity contribution in [3.8, 4) is 28.2 Å². The van der Waals surface area contributed by atoms with Crippen molar-refractivity contribution < 1.29 is 0 Å². The number of nitrogens with two attached hydrogens (primary N) is 1. The van der Waals surface area contributed by atoms with Gasteiger partial charge in [0.1, 0.15) is 0 Å². The number of benzene rings is 17. The summed E-state index contributed by atoms with van der Waals surface area (Å²) in [6.07, 6.45) is 0. The Morgan fingerprint density at radius 2 is 0.550 bits per heavy atom. The largest absolute Gasteiger partial charge is 0.399 e. The Bertz CT molecular complexity index is 6380. The molecule has 20 rings (SSSR count). The van der Waals surface area contributed by atoms with Crippen LogP contribution in [-0.2, 0) is 0 Å². The highest BCUT2D eigenvalue weighted by Gasteiger charge is 2.41. The van der Waals surface area contributed by atoms with Crippen molar-refractivity contribution in [2.75, 3.05) is 16.0 Å². The maximum atomic E-state index is 5.36. The molecule has 0 saturated carbocycles. The van der Waals surface area contributed by atoms with E-state index in [0.717, 1.165) is 39.8 Å². The lowest BCUT2D eigenvalue weighted by molar-refractivity contribution is 1.18. The molecule has 20 aromatic rings. The molecule has 3 heterocycles. The van der Waals surface area contributed by atoms with Crippen LogP contribution in [0, 0.1) is 3.57 Å². The zero-order valence-corrected chi connectivity index (χ0v) is 64.2. The molecule has 6 nitrogen and oxygen atoms in total. The number of fused-ring (bicyclic) bond motifs is 9. The quantitative estimate of drug-likeness (QED) is 0.0523. The number of nitrogens with zero attached hydrogens (tertiary/aromatic N) is 4. The van der Waals surface area contributed by atoms with Crippen molar-refractivity contribution in [2.24, 2.45) is 0 Å². The van der Waals surface area contributed by atoms with Crippen molar-refractivity contribution in [3.63, 3.8) is 0 Å². The van der Waals surface area contributed by atoms with Crippen LogP contribution in [0.5, 0.6) is 0 Å². The average molecular weight is 1550 g/mol. The Morgan fingerprint density at radius 1 is 0.243 bits per heavy atom. The lowest BCUT2D eigenvalue weighted by Gasteiger charge is -2.34. The molecule has 3 radical (unpaired) electrons. The van der Waals surface area contributed by atoms with Gasteiger partial charge in [0, 0.05) is 95.5 Å². The number of rotatable bonds is 13. The van der Waals surface area contributed by atoms with Crippen LogP contribution in [0.15, 0.2) is 449 Å². The van der Waals surface area contributed by atoms with Crippen LogP contribution < -0.4 is 36.7 Å². The molecule has 0 amide bonds. The lowest BCUT2D eigenvalue weighted by Crippen LogP contribution is -2.74. The second kappa shape index (κ2) is 33.0. The molecular weight excluding hydrogens is 1470 g/mol. The first kappa shape index (κ1) is 71.8. The third-order valence-electron chi connectivity index (χ3n) is 20.5. The summed E-state index contributed by atoms with van der Waals surface area (Å²) >= 11 is 2.38. The second-order valence-corrected chi connectivity index (χ2v) is 32.3. The topological polar surface area (TPSA) is 56.1 Å². The minimum Gasteiger partial charge on any atom is -0.399 e. The van der Waals surface area contributed by atoms with E-state index in [1.54, 1.807) is 0 Å². The summed E-state index contributed by atoms with van der Waals surface area (Å²) in [5.41, 5.74) is 25.0. The fourth-order valence-electron chi connectivity index (χ4n) is 15.6. The van der Waals surface area contributed by atoms with Crippen LogP contribution in [0.3, 0.4) is 0 Å². The highest BCUT2D eigenvalue weighted by Crippen LogP contribution is 2.41. The van der Waals surface area contributed by atoms with E-state index in [-0.39, 0.29) is 8.41 Å². The highest BCUT2D eigenvalue weighted by atomic mass is 127. The maximum absolute atomic E-state index is 5.36. The molecular formula is C102H77BIN6Si. The Balaban J connectivity index is 0.000000140. The molecule has 0 bridgehead atoms. The lowest BCUT2D eigenvalue weighted by atomic mass is 10.0. The molecule has 0 fully saturated rings. The molecule has 3 N–H and O–H groups in total. The van der Waals surface area contributed by atoms with Crippen LogP contribution >= 0.6 is 22.6 Å². The molecule has 111 heavy (non-hydrogen) atoms. The zero-order chi connectivity index (χ0) is 74.0. The third-order valence-corrected chi connectivity index (χ3v) is 26.0. The van der Waals surface area contributed by atoms with Gasteiger partial charge in [0.2, 0.25) is 0 Å². The number of anilines is 6. The van der Waals surface area contributed by atoms with Gasteiger partial charge in [-0.25, -0.2) is 0 Å². The smallest absolute Gasteiger partial charge is 0.179 e.